The molecule has 0 unspecified atom stereocenters. The average Bonchev–Trinajstić information content (AvgIpc) is 3.24. The Bertz CT molecular complexity index is 925. The van der Waals surface area contributed by atoms with E-state index in [1.807, 2.05) is 36.4 Å². The maximum absolute atomic E-state index is 12.8. The van der Waals surface area contributed by atoms with E-state index in [-0.39, 0.29) is 30.7 Å². The lowest BCUT2D eigenvalue weighted by Gasteiger charge is -2.29. The van der Waals surface area contributed by atoms with Crippen molar-refractivity contribution in [2.24, 2.45) is 0 Å². The third-order valence-corrected chi connectivity index (χ3v) is 6.02. The molecule has 2 aromatic carbocycles. The number of benzene rings is 2. The Morgan fingerprint density at radius 3 is 2.14 bits per heavy atom. The normalized spacial score (nSPS) is 20.1. The van der Waals surface area contributed by atoms with Crippen LogP contribution in [0.4, 0.5) is 0 Å². The minimum Gasteiger partial charge on any atom is -0.481 e. The summed E-state index contributed by atoms with van der Waals surface area (Å²) < 4.78 is 0. The molecule has 29 heavy (non-hydrogen) atoms. The van der Waals surface area contributed by atoms with Gasteiger partial charge in [0.1, 0.15) is 0 Å². The van der Waals surface area contributed by atoms with Gasteiger partial charge in [-0.3, -0.25) is 14.4 Å². The Morgan fingerprint density at radius 2 is 1.59 bits per heavy atom. The van der Waals surface area contributed by atoms with Crippen molar-refractivity contribution in [1.29, 1.82) is 0 Å². The van der Waals surface area contributed by atoms with Gasteiger partial charge in [-0.25, -0.2) is 0 Å². The topological polar surface area (TPSA) is 95.5 Å². The minimum absolute atomic E-state index is 0.0225. The van der Waals surface area contributed by atoms with Crippen LogP contribution in [0, 0.1) is 0 Å². The van der Waals surface area contributed by atoms with Crippen molar-refractivity contribution in [1.82, 2.24) is 10.6 Å². The van der Waals surface area contributed by atoms with Gasteiger partial charge >= 0.3 is 5.97 Å². The van der Waals surface area contributed by atoms with Crippen LogP contribution < -0.4 is 10.6 Å². The van der Waals surface area contributed by atoms with Gasteiger partial charge in [0.25, 0.3) is 0 Å². The summed E-state index contributed by atoms with van der Waals surface area (Å²) in [5.74, 6) is -1.07. The largest absolute Gasteiger partial charge is 0.481 e. The number of hydrogen-bond acceptors (Lipinski definition) is 3. The van der Waals surface area contributed by atoms with E-state index in [9.17, 15) is 14.4 Å². The Morgan fingerprint density at radius 1 is 1.00 bits per heavy atom. The van der Waals surface area contributed by atoms with Gasteiger partial charge in [-0.05, 0) is 41.5 Å². The van der Waals surface area contributed by atoms with Crippen molar-refractivity contribution in [2.45, 2.75) is 50.1 Å². The van der Waals surface area contributed by atoms with E-state index < -0.39 is 11.5 Å². The molecule has 0 radical (unpaired) electrons. The summed E-state index contributed by atoms with van der Waals surface area (Å²) in [7, 11) is 0. The second-order valence-electron chi connectivity index (χ2n) is 7.90. The molecule has 0 saturated carbocycles. The van der Waals surface area contributed by atoms with Gasteiger partial charge in [-0.15, -0.1) is 0 Å². The summed E-state index contributed by atoms with van der Waals surface area (Å²) in [6.45, 7) is 0. The molecular formula is C23H24N2O4. The molecule has 1 saturated heterocycles. The zero-order valence-electron chi connectivity index (χ0n) is 16.1. The molecule has 0 bridgehead atoms. The highest BCUT2D eigenvalue weighted by molar-refractivity contribution is 5.84. The number of amides is 2. The molecule has 2 aromatic rings. The predicted molar refractivity (Wildman–Crippen MR) is 108 cm³/mol. The zero-order chi connectivity index (χ0) is 20.4. The molecule has 1 heterocycles. The number of carboxylic acid groups (broad SMARTS) is 1. The van der Waals surface area contributed by atoms with Crippen LogP contribution in [0.2, 0.25) is 0 Å². The smallest absolute Gasteiger partial charge is 0.303 e. The summed E-state index contributed by atoms with van der Waals surface area (Å²) in [4.78, 5) is 35.5. The first-order valence-electron chi connectivity index (χ1n) is 9.98. The van der Waals surface area contributed by atoms with Crippen LogP contribution in [0.1, 0.15) is 55.7 Å². The average molecular weight is 392 g/mol. The predicted octanol–water partition coefficient (Wildman–Crippen LogP) is 3.17. The molecule has 4 rings (SSSR count). The maximum atomic E-state index is 12.8. The van der Waals surface area contributed by atoms with Gasteiger partial charge in [0, 0.05) is 24.8 Å². The Labute approximate surface area is 169 Å². The number of rotatable bonds is 7. The zero-order valence-corrected chi connectivity index (χ0v) is 16.1. The fourth-order valence-corrected chi connectivity index (χ4v) is 4.52. The van der Waals surface area contributed by atoms with Crippen LogP contribution in [0.15, 0.2) is 48.5 Å². The molecule has 1 atom stereocenters. The number of nitrogens with one attached hydrogen (secondary N) is 2. The summed E-state index contributed by atoms with van der Waals surface area (Å²) in [6, 6.07) is 15.9. The molecule has 6 nitrogen and oxygen atoms in total. The second kappa shape index (κ2) is 7.70. The number of hydrogen-bond donors (Lipinski definition) is 3. The molecule has 2 amide bonds. The summed E-state index contributed by atoms with van der Waals surface area (Å²) in [5, 5.41) is 15.1. The van der Waals surface area contributed by atoms with Crippen molar-refractivity contribution in [3.63, 3.8) is 0 Å². The number of carbonyl (C=O) groups is 3. The summed E-state index contributed by atoms with van der Waals surface area (Å²) in [5.41, 5.74) is 3.83. The monoisotopic (exact) mass is 392 g/mol. The van der Waals surface area contributed by atoms with Crippen molar-refractivity contribution >= 4 is 17.8 Å². The first-order valence-corrected chi connectivity index (χ1v) is 9.98. The molecule has 6 heteroatoms. The van der Waals surface area contributed by atoms with E-state index in [1.54, 1.807) is 0 Å². The van der Waals surface area contributed by atoms with E-state index in [0.717, 1.165) is 22.3 Å². The van der Waals surface area contributed by atoms with Crippen LogP contribution in [0.5, 0.6) is 0 Å². The van der Waals surface area contributed by atoms with Crippen LogP contribution in [0.25, 0.3) is 11.1 Å². The molecular weight excluding hydrogens is 368 g/mol. The van der Waals surface area contributed by atoms with Crippen LogP contribution in [-0.2, 0) is 14.4 Å². The second-order valence-corrected chi connectivity index (χ2v) is 7.90. The van der Waals surface area contributed by atoms with Gasteiger partial charge in [-0.1, -0.05) is 48.5 Å². The first kappa shape index (κ1) is 19.2. The van der Waals surface area contributed by atoms with E-state index in [2.05, 4.69) is 22.8 Å². The van der Waals surface area contributed by atoms with Crippen LogP contribution >= 0.6 is 0 Å². The van der Waals surface area contributed by atoms with Gasteiger partial charge in [0.05, 0.1) is 6.04 Å². The van der Waals surface area contributed by atoms with Crippen molar-refractivity contribution < 1.29 is 19.5 Å². The Balaban J connectivity index is 1.46. The number of carbonyl (C=O) groups excluding carboxylic acids is 2. The third-order valence-electron chi connectivity index (χ3n) is 6.02. The highest BCUT2D eigenvalue weighted by Crippen LogP contribution is 2.43. The fourth-order valence-electron chi connectivity index (χ4n) is 4.52. The van der Waals surface area contributed by atoms with E-state index in [1.165, 1.54) is 0 Å². The Hall–Kier alpha value is -3.15. The highest BCUT2D eigenvalue weighted by atomic mass is 16.4. The number of carboxylic acids is 1. The summed E-state index contributed by atoms with van der Waals surface area (Å²) >= 11 is 0. The van der Waals surface area contributed by atoms with E-state index in [4.69, 9.17) is 5.11 Å². The van der Waals surface area contributed by atoms with Crippen molar-refractivity contribution in [3.05, 3.63) is 59.7 Å². The van der Waals surface area contributed by atoms with Gasteiger partial charge in [0.2, 0.25) is 11.8 Å². The van der Waals surface area contributed by atoms with E-state index >= 15 is 0 Å². The molecule has 150 valence electrons. The van der Waals surface area contributed by atoms with Crippen molar-refractivity contribution in [2.75, 3.05) is 0 Å². The number of aliphatic carboxylic acids is 1. The molecule has 1 fully saturated rings. The van der Waals surface area contributed by atoms with Crippen LogP contribution in [-0.4, -0.2) is 28.4 Å². The maximum Gasteiger partial charge on any atom is 0.303 e. The lowest BCUT2D eigenvalue weighted by molar-refractivity contribution is -0.137. The van der Waals surface area contributed by atoms with Gasteiger partial charge in [-0.2, -0.15) is 0 Å². The molecule has 0 aromatic heterocycles. The Kier molecular flexibility index (Phi) is 5.09. The fraction of sp³-hybridized carbons (Fsp3) is 0.348. The molecule has 1 aliphatic carbocycles. The molecule has 3 N–H and O–H groups in total. The quantitative estimate of drug-likeness (QED) is 0.674. The van der Waals surface area contributed by atoms with Crippen molar-refractivity contribution in [3.8, 4) is 11.1 Å². The molecule has 1 aliphatic heterocycles. The molecule has 0 spiro atoms. The highest BCUT2D eigenvalue weighted by Gasteiger charge is 2.38. The number of fused-ring (bicyclic) bond motifs is 3. The summed E-state index contributed by atoms with van der Waals surface area (Å²) in [6.07, 6.45) is 1.95. The van der Waals surface area contributed by atoms with Crippen LogP contribution in [0.3, 0.4) is 0 Å². The van der Waals surface area contributed by atoms with Gasteiger partial charge in [0.15, 0.2) is 0 Å². The lowest BCUT2D eigenvalue weighted by Crippen LogP contribution is -2.43. The van der Waals surface area contributed by atoms with E-state index in [0.29, 0.717) is 25.7 Å². The first-order chi connectivity index (χ1) is 14.0. The third kappa shape index (κ3) is 3.88. The SMILES string of the molecule is O=C(O)CC[C@@]1(CCC(=O)NC2c3ccccc3-c3ccccc32)CCC(=O)N1. The molecule has 2 aliphatic rings. The van der Waals surface area contributed by atoms with Gasteiger partial charge < -0.3 is 15.7 Å². The lowest BCUT2D eigenvalue weighted by atomic mass is 9.86. The standard InChI is InChI=1S/C23H24N2O4/c26-19(9-12-23(14-11-21(28)29)13-10-20(27)25-23)24-22-17-7-3-1-5-15(17)16-6-2-4-8-18(16)22/h1-8,22H,9-14H2,(H,24,26)(H,25,27)(H,28,29)/t23-/m1/s1. The minimum atomic E-state index is -0.894.